The number of hydrogen-bond donors (Lipinski definition) is 0. The van der Waals surface area contributed by atoms with Crippen molar-refractivity contribution in [2.24, 2.45) is 4.99 Å². The van der Waals surface area contributed by atoms with Gasteiger partial charge >= 0.3 is 0 Å². The number of rotatable bonds is 5. The van der Waals surface area contributed by atoms with E-state index in [0.717, 1.165) is 14.8 Å². The zero-order valence-corrected chi connectivity index (χ0v) is 16.3. The third kappa shape index (κ3) is 3.93. The number of non-ortho nitro benzene ring substituents is 1. The Balaban J connectivity index is 1.88. The highest BCUT2D eigenvalue weighted by molar-refractivity contribution is 14.1. The molecule has 0 N–H and O–H groups in total. The number of furan rings is 1. The number of halogens is 1. The number of hydrogen-bond acceptors (Lipinski definition) is 5. The number of nitro groups is 1. The topological polar surface area (TPSA) is 77.9 Å². The molecule has 0 unspecified atom stereocenters. The molecule has 6 nitrogen and oxygen atoms in total. The van der Waals surface area contributed by atoms with Crippen LogP contribution < -0.4 is 4.74 Å². The van der Waals surface area contributed by atoms with Crippen LogP contribution in [0.25, 0.3) is 11.3 Å². The van der Waals surface area contributed by atoms with Gasteiger partial charge < -0.3 is 9.15 Å². The first-order valence-corrected chi connectivity index (χ1v) is 8.78. The average Bonchev–Trinajstić information content (AvgIpc) is 3.09. The summed E-state index contributed by atoms with van der Waals surface area (Å²) >= 11 is 2.26. The molecule has 0 aliphatic heterocycles. The van der Waals surface area contributed by atoms with Gasteiger partial charge in [-0.2, -0.15) is 0 Å². The molecule has 0 aliphatic rings. The zero-order valence-electron chi connectivity index (χ0n) is 14.1. The molecule has 0 radical (unpaired) electrons. The van der Waals surface area contributed by atoms with Crippen LogP contribution in [0.3, 0.4) is 0 Å². The average molecular weight is 462 g/mol. The van der Waals surface area contributed by atoms with Crippen molar-refractivity contribution in [3.8, 4) is 17.1 Å². The van der Waals surface area contributed by atoms with E-state index in [-0.39, 0.29) is 5.69 Å². The highest BCUT2D eigenvalue weighted by atomic mass is 127. The fraction of sp³-hybridized carbons (Fsp3) is 0.105. The van der Waals surface area contributed by atoms with Gasteiger partial charge in [-0.25, -0.2) is 0 Å². The summed E-state index contributed by atoms with van der Waals surface area (Å²) in [6, 6.07) is 14.0. The third-order valence-electron chi connectivity index (χ3n) is 3.78. The SMILES string of the molecule is COc1cc([N+](=O)[O-])ccc1-c1ccc(C=Nc2ccc(I)cc2C)o1. The summed E-state index contributed by atoms with van der Waals surface area (Å²) in [4.78, 5) is 14.9. The number of methoxy groups -OCH3 is 1. The lowest BCUT2D eigenvalue weighted by Crippen LogP contribution is -1.92. The number of aryl methyl sites for hydroxylation is 1. The van der Waals surface area contributed by atoms with Crippen LogP contribution in [-0.4, -0.2) is 18.2 Å². The smallest absolute Gasteiger partial charge is 0.273 e. The molecule has 3 aromatic rings. The van der Waals surface area contributed by atoms with E-state index in [1.807, 2.05) is 19.1 Å². The molecule has 132 valence electrons. The standard InChI is InChI=1S/C19H15IN2O4/c1-12-9-13(20)3-7-17(12)21-11-15-5-8-18(26-15)16-6-4-14(22(23)24)10-19(16)25-2/h3-11H,1-2H3. The van der Waals surface area contributed by atoms with Gasteiger partial charge in [0.1, 0.15) is 17.3 Å². The number of nitro benzene ring substituents is 1. The summed E-state index contributed by atoms with van der Waals surface area (Å²) in [6.07, 6.45) is 1.65. The monoisotopic (exact) mass is 462 g/mol. The van der Waals surface area contributed by atoms with Gasteiger partial charge in [0.05, 0.1) is 35.6 Å². The maximum atomic E-state index is 10.9. The van der Waals surface area contributed by atoms with Crippen LogP contribution in [0, 0.1) is 20.6 Å². The Morgan fingerprint density at radius 1 is 1.19 bits per heavy atom. The maximum absolute atomic E-state index is 10.9. The minimum Gasteiger partial charge on any atom is -0.496 e. The second-order valence-electron chi connectivity index (χ2n) is 5.53. The summed E-state index contributed by atoms with van der Waals surface area (Å²) in [5, 5.41) is 10.9. The van der Waals surface area contributed by atoms with Crippen LogP contribution in [0.4, 0.5) is 11.4 Å². The number of aliphatic imine (C=N–C) groups is 1. The third-order valence-corrected chi connectivity index (χ3v) is 4.45. The predicted octanol–water partition coefficient (Wildman–Crippen LogP) is 5.53. The molecule has 2 aromatic carbocycles. The zero-order chi connectivity index (χ0) is 18.7. The summed E-state index contributed by atoms with van der Waals surface area (Å²) in [6.45, 7) is 2.00. The number of benzene rings is 2. The van der Waals surface area contributed by atoms with Crippen molar-refractivity contribution < 1.29 is 14.1 Å². The lowest BCUT2D eigenvalue weighted by atomic mass is 10.1. The molecule has 0 amide bonds. The molecule has 26 heavy (non-hydrogen) atoms. The van der Waals surface area contributed by atoms with Crippen molar-refractivity contribution in [1.29, 1.82) is 0 Å². The minimum atomic E-state index is -0.462. The Morgan fingerprint density at radius 2 is 2.00 bits per heavy atom. The van der Waals surface area contributed by atoms with Crippen LogP contribution >= 0.6 is 22.6 Å². The second-order valence-corrected chi connectivity index (χ2v) is 6.78. The first-order valence-electron chi connectivity index (χ1n) is 7.71. The van der Waals surface area contributed by atoms with E-state index in [2.05, 4.69) is 33.6 Å². The van der Waals surface area contributed by atoms with Crippen LogP contribution in [0.5, 0.6) is 5.75 Å². The molecular weight excluding hydrogens is 447 g/mol. The van der Waals surface area contributed by atoms with E-state index < -0.39 is 4.92 Å². The van der Waals surface area contributed by atoms with Gasteiger partial charge in [-0.15, -0.1) is 0 Å². The van der Waals surface area contributed by atoms with Crippen molar-refractivity contribution in [2.75, 3.05) is 7.11 Å². The molecular formula is C19H15IN2O4. The van der Waals surface area contributed by atoms with Gasteiger partial charge in [0.2, 0.25) is 0 Å². The van der Waals surface area contributed by atoms with Gasteiger partial charge in [-0.05, 0) is 71.5 Å². The van der Waals surface area contributed by atoms with Gasteiger partial charge in [-0.3, -0.25) is 15.1 Å². The summed E-state index contributed by atoms with van der Waals surface area (Å²) in [5.41, 5.74) is 2.56. The van der Waals surface area contributed by atoms with E-state index in [0.29, 0.717) is 22.8 Å². The number of ether oxygens (including phenoxy) is 1. The van der Waals surface area contributed by atoms with Gasteiger partial charge in [0, 0.05) is 9.64 Å². The Kier molecular flexibility index (Phi) is 5.36. The molecule has 0 spiro atoms. The van der Waals surface area contributed by atoms with E-state index in [9.17, 15) is 10.1 Å². The fourth-order valence-electron chi connectivity index (χ4n) is 2.46. The molecule has 1 aromatic heterocycles. The number of nitrogens with zero attached hydrogens (tertiary/aromatic N) is 2. The van der Waals surface area contributed by atoms with Crippen molar-refractivity contribution >= 4 is 40.2 Å². The molecule has 7 heteroatoms. The van der Waals surface area contributed by atoms with E-state index in [4.69, 9.17) is 9.15 Å². The van der Waals surface area contributed by atoms with Crippen LogP contribution in [0.2, 0.25) is 0 Å². The highest BCUT2D eigenvalue weighted by Gasteiger charge is 2.15. The molecule has 0 bridgehead atoms. The quantitative estimate of drug-likeness (QED) is 0.216. The molecule has 0 saturated heterocycles. The molecule has 0 saturated carbocycles. The summed E-state index contributed by atoms with van der Waals surface area (Å²) in [5.74, 6) is 1.52. The van der Waals surface area contributed by atoms with Crippen molar-refractivity contribution in [3.63, 3.8) is 0 Å². The van der Waals surface area contributed by atoms with Crippen LogP contribution in [-0.2, 0) is 0 Å². The Labute approximate surface area is 163 Å². The molecule has 1 heterocycles. The molecule has 0 atom stereocenters. The molecule has 0 aliphatic carbocycles. The Morgan fingerprint density at radius 3 is 2.69 bits per heavy atom. The lowest BCUT2D eigenvalue weighted by Gasteiger charge is -2.05. The first-order chi connectivity index (χ1) is 12.5. The van der Waals surface area contributed by atoms with E-state index >= 15 is 0 Å². The summed E-state index contributed by atoms with van der Waals surface area (Å²) in [7, 11) is 1.47. The molecule has 0 fully saturated rings. The lowest BCUT2D eigenvalue weighted by molar-refractivity contribution is -0.384. The first kappa shape index (κ1) is 18.1. The predicted molar refractivity (Wildman–Crippen MR) is 109 cm³/mol. The van der Waals surface area contributed by atoms with E-state index in [1.165, 1.54) is 19.2 Å². The largest absolute Gasteiger partial charge is 0.496 e. The van der Waals surface area contributed by atoms with Crippen molar-refractivity contribution in [1.82, 2.24) is 0 Å². The highest BCUT2D eigenvalue weighted by Crippen LogP contribution is 2.34. The molecule has 3 rings (SSSR count). The Bertz CT molecular complexity index is 995. The minimum absolute atomic E-state index is 0.0341. The van der Waals surface area contributed by atoms with Crippen LogP contribution in [0.1, 0.15) is 11.3 Å². The van der Waals surface area contributed by atoms with Gasteiger partial charge in [-0.1, -0.05) is 0 Å². The van der Waals surface area contributed by atoms with Crippen LogP contribution in [0.15, 0.2) is 57.9 Å². The fourth-order valence-corrected chi connectivity index (χ4v) is 3.11. The summed E-state index contributed by atoms with van der Waals surface area (Å²) < 4.78 is 12.2. The second kappa shape index (κ2) is 7.69. The van der Waals surface area contributed by atoms with Crippen molar-refractivity contribution in [2.45, 2.75) is 6.92 Å². The van der Waals surface area contributed by atoms with E-state index in [1.54, 1.807) is 24.4 Å². The Hall–Kier alpha value is -2.68. The van der Waals surface area contributed by atoms with Crippen molar-refractivity contribution in [3.05, 3.63) is 73.5 Å². The van der Waals surface area contributed by atoms with Gasteiger partial charge in [0.15, 0.2) is 0 Å². The van der Waals surface area contributed by atoms with Gasteiger partial charge in [0.25, 0.3) is 5.69 Å². The normalized spacial score (nSPS) is 11.0. The maximum Gasteiger partial charge on any atom is 0.273 e.